The lowest BCUT2D eigenvalue weighted by atomic mass is 10.2. The highest BCUT2D eigenvalue weighted by atomic mass is 32.2. The Morgan fingerprint density at radius 3 is 2.55 bits per heavy atom. The molecule has 2 nitrogen and oxygen atoms in total. The lowest BCUT2D eigenvalue weighted by Crippen LogP contribution is -2.12. The number of rotatable bonds is 4. The molecule has 0 N–H and O–H groups in total. The Morgan fingerprint density at radius 2 is 1.95 bits per heavy atom. The van der Waals surface area contributed by atoms with Gasteiger partial charge in [-0.05, 0) is 38.1 Å². The van der Waals surface area contributed by atoms with Gasteiger partial charge in [-0.1, -0.05) is 0 Å². The Labute approximate surface area is 121 Å². The summed E-state index contributed by atoms with van der Waals surface area (Å²) in [5.74, 6) is -2.12. The van der Waals surface area contributed by atoms with Gasteiger partial charge >= 0.3 is 0 Å². The van der Waals surface area contributed by atoms with Gasteiger partial charge < -0.3 is 0 Å². The second-order valence-corrected chi connectivity index (χ2v) is 7.19. The molecule has 1 unspecified atom stereocenters. The molecule has 0 aliphatic heterocycles. The van der Waals surface area contributed by atoms with Crippen molar-refractivity contribution in [1.82, 2.24) is 0 Å². The van der Waals surface area contributed by atoms with Gasteiger partial charge in [-0.25, -0.2) is 8.78 Å². The maximum atomic E-state index is 13.5. The molecule has 2 rings (SSSR count). The van der Waals surface area contributed by atoms with E-state index in [1.54, 1.807) is 13.0 Å². The summed E-state index contributed by atoms with van der Waals surface area (Å²) in [6.07, 6.45) is 0. The lowest BCUT2D eigenvalue weighted by Gasteiger charge is -2.03. The molecule has 1 atom stereocenters. The standard InChI is InChI=1S/C14H12F2O2S2/c1-8-5-11(9(2)19-8)13(17)7-20(18)14-6-10(15)3-4-12(14)16/h3-6H,7H2,1-2H3. The number of hydrogen-bond acceptors (Lipinski definition) is 3. The zero-order valence-corrected chi connectivity index (χ0v) is 12.5. The van der Waals surface area contributed by atoms with Crippen LogP contribution in [0.15, 0.2) is 29.2 Å². The van der Waals surface area contributed by atoms with E-state index in [0.29, 0.717) is 5.56 Å². The number of ketones is 1. The van der Waals surface area contributed by atoms with Gasteiger partial charge in [-0.15, -0.1) is 11.3 Å². The van der Waals surface area contributed by atoms with Crippen LogP contribution in [-0.4, -0.2) is 15.7 Å². The van der Waals surface area contributed by atoms with Crippen LogP contribution in [0, 0.1) is 25.5 Å². The normalized spacial score (nSPS) is 12.4. The molecule has 0 amide bonds. The predicted molar refractivity (Wildman–Crippen MR) is 75.8 cm³/mol. The van der Waals surface area contributed by atoms with E-state index < -0.39 is 22.4 Å². The van der Waals surface area contributed by atoms with Gasteiger partial charge in [-0.2, -0.15) is 0 Å². The van der Waals surface area contributed by atoms with Crippen molar-refractivity contribution in [3.63, 3.8) is 0 Å². The maximum Gasteiger partial charge on any atom is 0.176 e. The highest BCUT2D eigenvalue weighted by Gasteiger charge is 2.18. The Balaban J connectivity index is 2.21. The summed E-state index contributed by atoms with van der Waals surface area (Å²) in [5.41, 5.74) is 0.498. The van der Waals surface area contributed by atoms with Gasteiger partial charge in [0.15, 0.2) is 5.78 Å². The molecule has 0 radical (unpaired) electrons. The van der Waals surface area contributed by atoms with Gasteiger partial charge in [0.05, 0.1) is 21.4 Å². The van der Waals surface area contributed by atoms with Crippen LogP contribution in [0.4, 0.5) is 8.78 Å². The summed E-state index contributed by atoms with van der Waals surface area (Å²) >= 11 is 1.47. The van der Waals surface area contributed by atoms with Crippen LogP contribution in [0.3, 0.4) is 0 Å². The molecule has 1 aromatic heterocycles. The highest BCUT2D eigenvalue weighted by Crippen LogP contribution is 2.22. The fourth-order valence-corrected chi connectivity index (χ4v) is 3.86. The number of halogens is 2. The van der Waals surface area contributed by atoms with Crippen LogP contribution in [-0.2, 0) is 10.8 Å². The molecule has 6 heteroatoms. The summed E-state index contributed by atoms with van der Waals surface area (Å²) in [7, 11) is -1.89. The van der Waals surface area contributed by atoms with Crippen molar-refractivity contribution in [2.24, 2.45) is 0 Å². The third-order valence-electron chi connectivity index (χ3n) is 2.74. The van der Waals surface area contributed by atoms with Gasteiger partial charge in [0.25, 0.3) is 0 Å². The van der Waals surface area contributed by atoms with E-state index in [1.807, 2.05) is 6.92 Å². The minimum Gasteiger partial charge on any atom is -0.293 e. The van der Waals surface area contributed by atoms with Gasteiger partial charge in [-0.3, -0.25) is 9.00 Å². The van der Waals surface area contributed by atoms with Crippen LogP contribution < -0.4 is 0 Å². The minimum absolute atomic E-state index is 0.275. The van der Waals surface area contributed by atoms with E-state index in [0.717, 1.165) is 28.0 Å². The van der Waals surface area contributed by atoms with E-state index in [9.17, 15) is 17.8 Å². The highest BCUT2D eigenvalue weighted by molar-refractivity contribution is 7.85. The zero-order chi connectivity index (χ0) is 14.9. The topological polar surface area (TPSA) is 34.1 Å². The number of carbonyl (C=O) groups is 1. The van der Waals surface area contributed by atoms with E-state index >= 15 is 0 Å². The van der Waals surface area contributed by atoms with Gasteiger partial charge in [0, 0.05) is 15.3 Å². The van der Waals surface area contributed by atoms with Crippen molar-refractivity contribution in [3.05, 3.63) is 51.2 Å². The second-order valence-electron chi connectivity index (χ2n) is 4.31. The van der Waals surface area contributed by atoms with Crippen LogP contribution in [0.1, 0.15) is 20.1 Å². The van der Waals surface area contributed by atoms with E-state index in [1.165, 1.54) is 11.3 Å². The van der Waals surface area contributed by atoms with Crippen molar-refractivity contribution in [3.8, 4) is 0 Å². The molecular weight excluding hydrogens is 302 g/mol. The van der Waals surface area contributed by atoms with Crippen molar-refractivity contribution in [1.29, 1.82) is 0 Å². The maximum absolute atomic E-state index is 13.5. The predicted octanol–water partition coefficient (Wildman–Crippen LogP) is 3.63. The number of carbonyl (C=O) groups excluding carboxylic acids is 1. The molecule has 0 aliphatic rings. The van der Waals surface area contributed by atoms with Crippen LogP contribution in [0.2, 0.25) is 0 Å². The van der Waals surface area contributed by atoms with Gasteiger partial charge in [0.2, 0.25) is 0 Å². The first kappa shape index (κ1) is 15.0. The Kier molecular flexibility index (Phi) is 4.45. The molecular formula is C14H12F2O2S2. The van der Waals surface area contributed by atoms with Crippen molar-refractivity contribution in [2.75, 3.05) is 5.75 Å². The first-order chi connectivity index (χ1) is 9.38. The number of benzene rings is 1. The van der Waals surface area contributed by atoms with E-state index in [2.05, 4.69) is 0 Å². The zero-order valence-electron chi connectivity index (χ0n) is 10.9. The number of hydrogen-bond donors (Lipinski definition) is 0. The molecule has 0 saturated carbocycles. The molecule has 2 aromatic rings. The molecule has 0 aliphatic carbocycles. The largest absolute Gasteiger partial charge is 0.293 e. The van der Waals surface area contributed by atoms with Crippen LogP contribution in [0.5, 0.6) is 0 Å². The lowest BCUT2D eigenvalue weighted by molar-refractivity contribution is 0.102. The third-order valence-corrected chi connectivity index (χ3v) is 5.04. The fourth-order valence-electron chi connectivity index (χ4n) is 1.83. The second kappa shape index (κ2) is 5.93. The molecule has 20 heavy (non-hydrogen) atoms. The summed E-state index contributed by atoms with van der Waals surface area (Å²) in [6, 6.07) is 4.45. The molecule has 0 bridgehead atoms. The van der Waals surface area contributed by atoms with Crippen molar-refractivity contribution < 1.29 is 17.8 Å². The number of thiophene rings is 1. The Morgan fingerprint density at radius 1 is 1.25 bits per heavy atom. The molecule has 0 fully saturated rings. The van der Waals surface area contributed by atoms with Crippen molar-refractivity contribution in [2.45, 2.75) is 18.7 Å². The average molecular weight is 314 g/mol. The number of Topliss-reactive ketones (excluding diaryl/α,β-unsaturated/α-hetero) is 1. The Bertz CT molecular complexity index is 692. The molecule has 0 saturated heterocycles. The monoisotopic (exact) mass is 314 g/mol. The van der Waals surface area contributed by atoms with E-state index in [4.69, 9.17) is 0 Å². The van der Waals surface area contributed by atoms with Gasteiger partial charge in [0.1, 0.15) is 11.6 Å². The molecule has 0 spiro atoms. The summed E-state index contributed by atoms with van der Waals surface area (Å²) in [5, 5.41) is 0. The average Bonchev–Trinajstić information content (AvgIpc) is 2.71. The summed E-state index contributed by atoms with van der Waals surface area (Å²) in [4.78, 5) is 13.6. The molecule has 106 valence electrons. The van der Waals surface area contributed by atoms with E-state index in [-0.39, 0.29) is 16.4 Å². The number of aryl methyl sites for hydroxylation is 2. The minimum atomic E-state index is -1.89. The first-order valence-corrected chi connectivity index (χ1v) is 7.95. The molecule has 1 heterocycles. The summed E-state index contributed by atoms with van der Waals surface area (Å²) in [6.45, 7) is 3.67. The summed E-state index contributed by atoms with van der Waals surface area (Å²) < 4.78 is 38.5. The fraction of sp³-hybridized carbons (Fsp3) is 0.214. The van der Waals surface area contributed by atoms with Crippen molar-refractivity contribution >= 4 is 27.9 Å². The van der Waals surface area contributed by atoms with Crippen LogP contribution in [0.25, 0.3) is 0 Å². The molecule has 1 aromatic carbocycles. The third kappa shape index (κ3) is 3.19. The SMILES string of the molecule is Cc1cc(C(=O)CS(=O)c2cc(F)ccc2F)c(C)s1. The Hall–Kier alpha value is -1.40. The quantitative estimate of drug-likeness (QED) is 0.808. The smallest absolute Gasteiger partial charge is 0.176 e. The van der Waals surface area contributed by atoms with Crippen LogP contribution >= 0.6 is 11.3 Å². The first-order valence-electron chi connectivity index (χ1n) is 5.82.